The van der Waals surface area contributed by atoms with Crippen LogP contribution in [0.5, 0.6) is 0 Å². The van der Waals surface area contributed by atoms with Crippen LogP contribution < -0.4 is 0 Å². The van der Waals surface area contributed by atoms with Gasteiger partial charge in [-0.25, -0.2) is 0 Å². The third-order valence-electron chi connectivity index (χ3n) is 5.66. The predicted octanol–water partition coefficient (Wildman–Crippen LogP) is 1.08. The van der Waals surface area contributed by atoms with Crippen molar-refractivity contribution in [2.75, 3.05) is 6.61 Å². The lowest BCUT2D eigenvalue weighted by molar-refractivity contribution is -0.357. The quantitative estimate of drug-likeness (QED) is 0.529. The summed E-state index contributed by atoms with van der Waals surface area (Å²) in [6, 6.07) is 4.84. The van der Waals surface area contributed by atoms with Gasteiger partial charge in [0.15, 0.2) is 0 Å². The summed E-state index contributed by atoms with van der Waals surface area (Å²) in [7, 11) is 0. The van der Waals surface area contributed by atoms with Crippen molar-refractivity contribution in [2.45, 2.75) is 68.7 Å². The molecule has 146 valence electrons. The van der Waals surface area contributed by atoms with Crippen LogP contribution in [-0.4, -0.2) is 56.6 Å². The Morgan fingerprint density at radius 3 is 2.42 bits per heavy atom. The van der Waals surface area contributed by atoms with Gasteiger partial charge < -0.3 is 30.3 Å². The first-order valence-corrected chi connectivity index (χ1v) is 9.58. The van der Waals surface area contributed by atoms with Crippen molar-refractivity contribution < 1.29 is 30.3 Å². The molecule has 1 aromatic rings. The lowest BCUT2D eigenvalue weighted by atomic mass is 9.83. The topological polar surface area (TPSA) is 110 Å². The number of ether oxygens (including phenoxy) is 1. The van der Waals surface area contributed by atoms with E-state index in [4.69, 9.17) is 16.3 Å². The van der Waals surface area contributed by atoms with E-state index in [0.29, 0.717) is 10.9 Å². The average Bonchev–Trinajstić information content (AvgIpc) is 2.65. The van der Waals surface area contributed by atoms with Crippen LogP contribution in [0.1, 0.15) is 43.2 Å². The molecule has 0 spiro atoms. The van der Waals surface area contributed by atoms with Gasteiger partial charge in [-0.15, -0.1) is 0 Å². The van der Waals surface area contributed by atoms with Crippen LogP contribution in [0.3, 0.4) is 0 Å². The van der Waals surface area contributed by atoms with E-state index < -0.39 is 36.8 Å². The van der Waals surface area contributed by atoms with Crippen molar-refractivity contribution in [1.82, 2.24) is 0 Å². The molecule has 26 heavy (non-hydrogen) atoms. The number of aliphatic hydroxyl groups is 5. The first kappa shape index (κ1) is 20.0. The lowest BCUT2D eigenvalue weighted by Crippen LogP contribution is -2.63. The first-order chi connectivity index (χ1) is 12.4. The maximum atomic E-state index is 10.9. The zero-order valence-corrected chi connectivity index (χ0v) is 15.3. The molecule has 0 bridgehead atoms. The Bertz CT molecular complexity index is 618. The summed E-state index contributed by atoms with van der Waals surface area (Å²) < 4.78 is 5.39. The second-order valence-corrected chi connectivity index (χ2v) is 7.88. The van der Waals surface area contributed by atoms with E-state index in [1.807, 2.05) is 0 Å². The molecule has 7 heteroatoms. The van der Waals surface area contributed by atoms with E-state index in [1.165, 1.54) is 25.3 Å². The highest BCUT2D eigenvalue weighted by molar-refractivity contribution is 6.31. The highest BCUT2D eigenvalue weighted by Gasteiger charge is 2.53. The van der Waals surface area contributed by atoms with Crippen molar-refractivity contribution in [2.24, 2.45) is 5.92 Å². The number of halogens is 1. The summed E-state index contributed by atoms with van der Waals surface area (Å²) in [5, 5.41) is 51.1. The molecule has 1 aliphatic heterocycles. The molecule has 1 aliphatic carbocycles. The molecule has 2 fully saturated rings. The van der Waals surface area contributed by atoms with Crippen molar-refractivity contribution in [3.05, 3.63) is 34.3 Å². The molecular formula is C19H27ClO6. The maximum Gasteiger partial charge on any atom is 0.222 e. The molecule has 2 aliphatic rings. The smallest absolute Gasteiger partial charge is 0.222 e. The van der Waals surface area contributed by atoms with Gasteiger partial charge in [-0.2, -0.15) is 0 Å². The normalized spacial score (nSPS) is 36.2. The number of hydrogen-bond donors (Lipinski definition) is 5. The molecule has 6 nitrogen and oxygen atoms in total. The largest absolute Gasteiger partial charge is 0.394 e. The Morgan fingerprint density at radius 1 is 1.08 bits per heavy atom. The SMILES string of the molecule is OC[C@H]1O[C@@](O)(c2ccc(Cl)c(CC3CCCCC3)c2)[C@H](O)[C@@H](O)[C@@H]1O. The molecule has 3 rings (SSSR count). The average molecular weight is 387 g/mol. The van der Waals surface area contributed by atoms with Crippen LogP contribution in [-0.2, 0) is 16.9 Å². The fourth-order valence-corrected chi connectivity index (χ4v) is 4.24. The monoisotopic (exact) mass is 386 g/mol. The predicted molar refractivity (Wildman–Crippen MR) is 95.6 cm³/mol. The number of benzene rings is 1. The summed E-state index contributed by atoms with van der Waals surface area (Å²) in [4.78, 5) is 0. The molecule has 0 aromatic heterocycles. The van der Waals surface area contributed by atoms with Crippen molar-refractivity contribution in [3.63, 3.8) is 0 Å². The summed E-state index contributed by atoms with van der Waals surface area (Å²) in [5.74, 6) is -1.71. The minimum absolute atomic E-state index is 0.240. The second kappa shape index (κ2) is 8.10. The molecule has 1 saturated heterocycles. The van der Waals surface area contributed by atoms with E-state index in [0.717, 1.165) is 24.8 Å². The van der Waals surface area contributed by atoms with Gasteiger partial charge in [-0.1, -0.05) is 49.8 Å². The Morgan fingerprint density at radius 2 is 1.77 bits per heavy atom. The van der Waals surface area contributed by atoms with Crippen molar-refractivity contribution >= 4 is 11.6 Å². The summed E-state index contributed by atoms with van der Waals surface area (Å²) in [5.41, 5.74) is 1.09. The van der Waals surface area contributed by atoms with Gasteiger partial charge in [0.05, 0.1) is 6.61 Å². The Hall–Kier alpha value is -0.730. The third kappa shape index (κ3) is 3.78. The van der Waals surface area contributed by atoms with Gasteiger partial charge in [0.1, 0.15) is 24.4 Å². The second-order valence-electron chi connectivity index (χ2n) is 7.48. The molecular weight excluding hydrogens is 360 g/mol. The fourth-order valence-electron chi connectivity index (χ4n) is 4.05. The summed E-state index contributed by atoms with van der Waals surface area (Å²) in [6.45, 7) is -0.601. The molecule has 0 amide bonds. The van der Waals surface area contributed by atoms with Gasteiger partial charge in [0.25, 0.3) is 0 Å². The molecule has 1 saturated carbocycles. The first-order valence-electron chi connectivity index (χ1n) is 9.21. The Kier molecular flexibility index (Phi) is 6.24. The molecule has 0 unspecified atom stereocenters. The van der Waals surface area contributed by atoms with Crippen molar-refractivity contribution in [3.8, 4) is 0 Å². The lowest BCUT2D eigenvalue weighted by Gasteiger charge is -2.45. The highest BCUT2D eigenvalue weighted by atomic mass is 35.5. The van der Waals surface area contributed by atoms with Gasteiger partial charge >= 0.3 is 0 Å². The molecule has 5 N–H and O–H groups in total. The standard InChI is InChI=1S/C19H27ClO6/c20-14-7-6-13(9-12(14)8-11-4-2-1-3-5-11)19(25)18(24)17(23)16(22)15(10-21)26-19/h6-7,9,11,15-18,21-25H,1-5,8,10H2/t15-,16-,17+,18-,19+/m1/s1. The third-order valence-corrected chi connectivity index (χ3v) is 6.03. The summed E-state index contributed by atoms with van der Waals surface area (Å²) >= 11 is 6.33. The van der Waals surface area contributed by atoms with Gasteiger partial charge in [-0.05, 0) is 30.0 Å². The Labute approximate surface area is 158 Å². The summed E-state index contributed by atoms with van der Waals surface area (Å²) in [6.07, 6.45) is 0.599. The number of hydrogen-bond acceptors (Lipinski definition) is 6. The Balaban J connectivity index is 1.88. The van der Waals surface area contributed by atoms with E-state index in [2.05, 4.69) is 0 Å². The fraction of sp³-hybridized carbons (Fsp3) is 0.684. The number of aliphatic hydroxyl groups excluding tert-OH is 4. The molecule has 0 radical (unpaired) electrons. The van der Waals surface area contributed by atoms with Gasteiger partial charge in [0.2, 0.25) is 5.79 Å². The van der Waals surface area contributed by atoms with Crippen LogP contribution in [0.4, 0.5) is 0 Å². The minimum Gasteiger partial charge on any atom is -0.394 e. The van der Waals surface area contributed by atoms with Crippen LogP contribution >= 0.6 is 11.6 Å². The number of rotatable bonds is 4. The van der Waals surface area contributed by atoms with Crippen LogP contribution in [0.15, 0.2) is 18.2 Å². The minimum atomic E-state index is -2.24. The zero-order valence-electron chi connectivity index (χ0n) is 14.6. The van der Waals surface area contributed by atoms with Crippen molar-refractivity contribution in [1.29, 1.82) is 0 Å². The maximum absolute atomic E-state index is 10.9. The van der Waals surface area contributed by atoms with E-state index in [1.54, 1.807) is 12.1 Å². The van der Waals surface area contributed by atoms with Gasteiger partial charge in [-0.3, -0.25) is 0 Å². The van der Waals surface area contributed by atoms with Crippen LogP contribution in [0.25, 0.3) is 0 Å². The molecule has 1 aromatic carbocycles. The van der Waals surface area contributed by atoms with E-state index in [-0.39, 0.29) is 5.56 Å². The molecule has 1 heterocycles. The zero-order chi connectivity index (χ0) is 18.9. The van der Waals surface area contributed by atoms with Crippen LogP contribution in [0.2, 0.25) is 5.02 Å². The van der Waals surface area contributed by atoms with E-state index >= 15 is 0 Å². The molecule has 5 atom stereocenters. The highest BCUT2D eigenvalue weighted by Crippen LogP contribution is 2.38. The van der Waals surface area contributed by atoms with E-state index in [9.17, 15) is 25.5 Å². The van der Waals surface area contributed by atoms with Gasteiger partial charge in [0, 0.05) is 10.6 Å². The van der Waals surface area contributed by atoms with Crippen LogP contribution in [0, 0.1) is 5.92 Å².